The van der Waals surface area contributed by atoms with Gasteiger partial charge in [0.1, 0.15) is 23.8 Å². The first kappa shape index (κ1) is 19.7. The van der Waals surface area contributed by atoms with Crippen LogP contribution in [0.25, 0.3) is 0 Å². The highest BCUT2D eigenvalue weighted by Crippen LogP contribution is 2.27. The number of nitrogens with one attached hydrogen (secondary N) is 2. The molecule has 0 spiro atoms. The summed E-state index contributed by atoms with van der Waals surface area (Å²) in [6.07, 6.45) is 1.12. The van der Waals surface area contributed by atoms with Crippen molar-refractivity contribution in [1.82, 2.24) is 10.6 Å². The molecule has 1 aliphatic heterocycles. The minimum atomic E-state index is -0.780. The Kier molecular flexibility index (Phi) is 5.97. The van der Waals surface area contributed by atoms with Crippen LogP contribution >= 0.6 is 0 Å². The quantitative estimate of drug-likeness (QED) is 0.666. The average molecular weight is 400 g/mol. The van der Waals surface area contributed by atoms with E-state index < -0.39 is 18.3 Å². The number of amides is 1. The molecule has 4 rings (SSSR count). The SMILES string of the molecule is O=C(NCc1cccc(F)c1)O[C@@H]1C(O)CN[C@@H]1Cc1ccc(OC2CC2)cc1. The Labute approximate surface area is 169 Å². The molecule has 0 aromatic heterocycles. The number of benzene rings is 2. The van der Waals surface area contributed by atoms with Crippen LogP contribution in [-0.4, -0.2) is 42.1 Å². The Balaban J connectivity index is 1.30. The fourth-order valence-electron chi connectivity index (χ4n) is 3.44. The molecule has 1 saturated carbocycles. The maximum Gasteiger partial charge on any atom is 0.407 e. The first-order valence-electron chi connectivity index (χ1n) is 9.93. The predicted molar refractivity (Wildman–Crippen MR) is 105 cm³/mol. The first-order valence-corrected chi connectivity index (χ1v) is 9.93. The number of hydrogen-bond donors (Lipinski definition) is 3. The molecule has 2 fully saturated rings. The largest absolute Gasteiger partial charge is 0.490 e. The summed E-state index contributed by atoms with van der Waals surface area (Å²) in [5.74, 6) is 0.502. The summed E-state index contributed by atoms with van der Waals surface area (Å²) in [7, 11) is 0. The van der Waals surface area contributed by atoms with E-state index in [4.69, 9.17) is 9.47 Å². The number of halogens is 1. The van der Waals surface area contributed by atoms with Crippen LogP contribution in [0.4, 0.5) is 9.18 Å². The predicted octanol–water partition coefficient (Wildman–Crippen LogP) is 2.54. The summed E-state index contributed by atoms with van der Waals surface area (Å²) in [6, 6.07) is 13.7. The summed E-state index contributed by atoms with van der Waals surface area (Å²) < 4.78 is 24.4. The highest BCUT2D eigenvalue weighted by atomic mass is 19.1. The fraction of sp³-hybridized carbons (Fsp3) is 0.409. The lowest BCUT2D eigenvalue weighted by atomic mass is 10.0. The third-order valence-corrected chi connectivity index (χ3v) is 5.14. The molecule has 3 N–H and O–H groups in total. The molecule has 2 aliphatic rings. The number of aliphatic hydroxyl groups excluding tert-OH is 1. The van der Waals surface area contributed by atoms with Gasteiger partial charge in [0.05, 0.1) is 12.1 Å². The van der Waals surface area contributed by atoms with Crippen LogP contribution in [0.5, 0.6) is 5.75 Å². The molecule has 1 heterocycles. The zero-order chi connectivity index (χ0) is 20.2. The van der Waals surface area contributed by atoms with Gasteiger partial charge in [-0.15, -0.1) is 0 Å². The van der Waals surface area contributed by atoms with Gasteiger partial charge in [-0.25, -0.2) is 9.18 Å². The number of β-amino-alcohol motifs (C(OH)–C–C–N with tert-alkyl or cyclic N) is 1. The number of hydrogen-bond acceptors (Lipinski definition) is 5. The highest BCUT2D eigenvalue weighted by molar-refractivity contribution is 5.67. The van der Waals surface area contributed by atoms with Crippen molar-refractivity contribution in [3.05, 3.63) is 65.5 Å². The molecule has 2 aromatic carbocycles. The minimum Gasteiger partial charge on any atom is -0.490 e. The van der Waals surface area contributed by atoms with E-state index in [-0.39, 0.29) is 18.4 Å². The Hall–Kier alpha value is -2.64. The van der Waals surface area contributed by atoms with Gasteiger partial charge in [0.25, 0.3) is 0 Å². The van der Waals surface area contributed by atoms with Crippen molar-refractivity contribution in [3.8, 4) is 5.75 Å². The molecule has 1 aliphatic carbocycles. The molecule has 6 nitrogen and oxygen atoms in total. The van der Waals surface area contributed by atoms with E-state index in [1.165, 1.54) is 12.1 Å². The van der Waals surface area contributed by atoms with Gasteiger partial charge in [0, 0.05) is 13.1 Å². The molecule has 1 saturated heterocycles. The Morgan fingerprint density at radius 1 is 1.17 bits per heavy atom. The number of aliphatic hydroxyl groups is 1. The molecule has 1 amide bonds. The van der Waals surface area contributed by atoms with Gasteiger partial charge in [0.2, 0.25) is 0 Å². The molecular formula is C22H25FN2O4. The van der Waals surface area contributed by atoms with Crippen LogP contribution < -0.4 is 15.4 Å². The van der Waals surface area contributed by atoms with E-state index in [0.717, 1.165) is 24.2 Å². The summed E-state index contributed by atoms with van der Waals surface area (Å²) >= 11 is 0. The van der Waals surface area contributed by atoms with E-state index in [0.29, 0.717) is 24.6 Å². The Bertz CT molecular complexity index is 841. The maximum absolute atomic E-state index is 13.2. The average Bonchev–Trinajstić information content (AvgIpc) is 3.47. The van der Waals surface area contributed by atoms with E-state index in [2.05, 4.69) is 10.6 Å². The zero-order valence-electron chi connectivity index (χ0n) is 16.0. The molecule has 0 radical (unpaired) electrons. The van der Waals surface area contributed by atoms with Crippen LogP contribution in [0.15, 0.2) is 48.5 Å². The van der Waals surface area contributed by atoms with E-state index in [9.17, 15) is 14.3 Å². The van der Waals surface area contributed by atoms with Crippen LogP contribution in [0.3, 0.4) is 0 Å². The molecule has 1 unspecified atom stereocenters. The van der Waals surface area contributed by atoms with E-state index in [1.807, 2.05) is 24.3 Å². The second-order valence-electron chi connectivity index (χ2n) is 7.60. The van der Waals surface area contributed by atoms with Gasteiger partial charge in [-0.3, -0.25) is 0 Å². The fourth-order valence-corrected chi connectivity index (χ4v) is 3.44. The smallest absolute Gasteiger partial charge is 0.407 e. The van der Waals surface area contributed by atoms with Gasteiger partial charge in [-0.1, -0.05) is 24.3 Å². The Morgan fingerprint density at radius 2 is 1.97 bits per heavy atom. The van der Waals surface area contributed by atoms with Crippen molar-refractivity contribution >= 4 is 6.09 Å². The highest BCUT2D eigenvalue weighted by Gasteiger charge is 2.37. The molecule has 29 heavy (non-hydrogen) atoms. The third kappa shape index (κ3) is 5.46. The molecule has 154 valence electrons. The van der Waals surface area contributed by atoms with Crippen molar-refractivity contribution in [2.75, 3.05) is 6.54 Å². The summed E-state index contributed by atoms with van der Waals surface area (Å²) in [5.41, 5.74) is 1.70. The van der Waals surface area contributed by atoms with Gasteiger partial charge < -0.3 is 25.2 Å². The topological polar surface area (TPSA) is 79.8 Å². The van der Waals surface area contributed by atoms with Gasteiger partial charge in [-0.05, 0) is 54.7 Å². The first-order chi connectivity index (χ1) is 14.1. The summed E-state index contributed by atoms with van der Waals surface area (Å²) in [6.45, 7) is 0.509. The molecular weight excluding hydrogens is 375 g/mol. The molecule has 2 aromatic rings. The second-order valence-corrected chi connectivity index (χ2v) is 7.60. The van der Waals surface area contributed by atoms with Crippen LogP contribution in [0.2, 0.25) is 0 Å². The number of carbonyl (C=O) groups is 1. The van der Waals surface area contributed by atoms with Crippen LogP contribution in [0, 0.1) is 5.82 Å². The lowest BCUT2D eigenvalue weighted by Crippen LogP contribution is -2.41. The summed E-state index contributed by atoms with van der Waals surface area (Å²) in [4.78, 5) is 12.2. The Morgan fingerprint density at radius 3 is 2.69 bits per heavy atom. The number of alkyl carbamates (subject to hydrolysis) is 1. The van der Waals surface area contributed by atoms with Crippen LogP contribution in [0.1, 0.15) is 24.0 Å². The maximum atomic E-state index is 13.2. The van der Waals surface area contributed by atoms with Crippen molar-refractivity contribution in [2.24, 2.45) is 0 Å². The van der Waals surface area contributed by atoms with E-state index >= 15 is 0 Å². The van der Waals surface area contributed by atoms with Crippen LogP contribution in [-0.2, 0) is 17.7 Å². The van der Waals surface area contributed by atoms with Gasteiger partial charge >= 0.3 is 6.09 Å². The lowest BCUT2D eigenvalue weighted by Gasteiger charge is -2.22. The van der Waals surface area contributed by atoms with Gasteiger partial charge in [0.15, 0.2) is 0 Å². The number of carbonyl (C=O) groups excluding carboxylic acids is 1. The van der Waals surface area contributed by atoms with E-state index in [1.54, 1.807) is 12.1 Å². The van der Waals surface area contributed by atoms with Crippen molar-refractivity contribution in [2.45, 2.75) is 50.2 Å². The standard InChI is InChI=1S/C22H25FN2O4/c23-16-3-1-2-15(10-16)12-25-22(27)29-21-19(24-13-20(21)26)11-14-4-6-17(7-5-14)28-18-8-9-18/h1-7,10,18-21,24,26H,8-9,11-13H2,(H,25,27)/t19-,20?,21+/m1/s1. The molecule has 7 heteroatoms. The van der Waals surface area contributed by atoms with Crippen molar-refractivity contribution < 1.29 is 23.8 Å². The second kappa shape index (κ2) is 8.80. The summed E-state index contributed by atoms with van der Waals surface area (Å²) in [5, 5.41) is 16.0. The molecule has 0 bridgehead atoms. The lowest BCUT2D eigenvalue weighted by molar-refractivity contribution is 0.0188. The third-order valence-electron chi connectivity index (χ3n) is 5.14. The van der Waals surface area contributed by atoms with Crippen molar-refractivity contribution in [3.63, 3.8) is 0 Å². The van der Waals surface area contributed by atoms with Gasteiger partial charge in [-0.2, -0.15) is 0 Å². The minimum absolute atomic E-state index is 0.153. The normalized spacial score (nSPS) is 23.6. The molecule has 3 atom stereocenters. The van der Waals surface area contributed by atoms with Crippen molar-refractivity contribution in [1.29, 1.82) is 0 Å². The zero-order valence-corrected chi connectivity index (χ0v) is 16.0. The number of ether oxygens (including phenoxy) is 2. The number of rotatable bonds is 7. The monoisotopic (exact) mass is 400 g/mol.